The SMILES string of the molecule is CC(C)(C)OC=O.NN1CC2CNCC2C1. The summed E-state index contributed by atoms with van der Waals surface area (Å²) < 4.78 is 4.55. The number of rotatable bonds is 1. The number of hydrogen-bond donors (Lipinski definition) is 2. The van der Waals surface area contributed by atoms with Crippen LogP contribution in [0, 0.1) is 11.8 Å². The van der Waals surface area contributed by atoms with E-state index in [1.54, 1.807) is 0 Å². The molecule has 94 valence electrons. The van der Waals surface area contributed by atoms with Crippen molar-refractivity contribution < 1.29 is 9.53 Å². The first-order valence-electron chi connectivity index (χ1n) is 5.74. The van der Waals surface area contributed by atoms with Crippen molar-refractivity contribution in [2.75, 3.05) is 26.2 Å². The van der Waals surface area contributed by atoms with E-state index in [4.69, 9.17) is 5.84 Å². The van der Waals surface area contributed by atoms with Gasteiger partial charge in [0.15, 0.2) is 0 Å². The van der Waals surface area contributed by atoms with Gasteiger partial charge in [0.05, 0.1) is 0 Å². The Morgan fingerprint density at radius 3 is 2.12 bits per heavy atom. The van der Waals surface area contributed by atoms with Gasteiger partial charge in [-0.3, -0.25) is 10.6 Å². The summed E-state index contributed by atoms with van der Waals surface area (Å²) in [6.07, 6.45) is 0. The molecule has 16 heavy (non-hydrogen) atoms. The Morgan fingerprint density at radius 1 is 1.31 bits per heavy atom. The maximum Gasteiger partial charge on any atom is 0.293 e. The third kappa shape index (κ3) is 4.47. The Labute approximate surface area is 97.3 Å². The maximum atomic E-state index is 9.60. The van der Waals surface area contributed by atoms with E-state index in [2.05, 4.69) is 10.1 Å². The molecule has 2 unspecified atom stereocenters. The highest BCUT2D eigenvalue weighted by atomic mass is 16.5. The van der Waals surface area contributed by atoms with Crippen molar-refractivity contribution in [2.45, 2.75) is 26.4 Å². The Balaban J connectivity index is 0.000000168. The standard InChI is InChI=1S/C6H13N3.C5H10O2/c7-9-3-5-1-8-2-6(5)4-9;1-5(2,3)7-4-6/h5-6,8H,1-4,7H2;4H,1-3H3. The summed E-state index contributed by atoms with van der Waals surface area (Å²) in [4.78, 5) is 9.60. The molecular formula is C11H23N3O2. The monoisotopic (exact) mass is 229 g/mol. The van der Waals surface area contributed by atoms with Crippen molar-refractivity contribution in [3.8, 4) is 0 Å². The Bertz CT molecular complexity index is 216. The molecule has 3 N–H and O–H groups in total. The average Bonchev–Trinajstić information content (AvgIpc) is 2.61. The minimum atomic E-state index is -0.318. The summed E-state index contributed by atoms with van der Waals surface area (Å²) in [6.45, 7) is 10.5. The Hall–Kier alpha value is -0.650. The minimum absolute atomic E-state index is 0.318. The average molecular weight is 229 g/mol. The van der Waals surface area contributed by atoms with Gasteiger partial charge >= 0.3 is 0 Å². The Morgan fingerprint density at radius 2 is 1.81 bits per heavy atom. The number of hydrogen-bond acceptors (Lipinski definition) is 5. The van der Waals surface area contributed by atoms with E-state index in [0.717, 1.165) is 24.9 Å². The van der Waals surface area contributed by atoms with E-state index in [-0.39, 0.29) is 5.60 Å². The van der Waals surface area contributed by atoms with Crippen LogP contribution in [0.2, 0.25) is 0 Å². The number of fused-ring (bicyclic) bond motifs is 1. The van der Waals surface area contributed by atoms with Crippen LogP contribution < -0.4 is 11.2 Å². The van der Waals surface area contributed by atoms with Gasteiger partial charge < -0.3 is 10.1 Å². The van der Waals surface area contributed by atoms with Crippen LogP contribution in [0.5, 0.6) is 0 Å². The van der Waals surface area contributed by atoms with Crippen molar-refractivity contribution in [2.24, 2.45) is 17.7 Å². The second kappa shape index (κ2) is 5.61. The van der Waals surface area contributed by atoms with Gasteiger partial charge in [-0.15, -0.1) is 0 Å². The zero-order valence-corrected chi connectivity index (χ0v) is 10.4. The van der Waals surface area contributed by atoms with Crippen LogP contribution in [0.25, 0.3) is 0 Å². The predicted octanol–water partition coefficient (Wildman–Crippen LogP) is -0.0308. The fourth-order valence-electron chi connectivity index (χ4n) is 2.04. The minimum Gasteiger partial charge on any atom is -0.462 e. The van der Waals surface area contributed by atoms with Crippen LogP contribution in [-0.4, -0.2) is 43.3 Å². The number of ether oxygens (including phenoxy) is 1. The molecule has 0 spiro atoms. The second-order valence-electron chi connectivity index (χ2n) is 5.46. The summed E-state index contributed by atoms with van der Waals surface area (Å²) in [5.41, 5.74) is -0.318. The molecule has 0 aromatic rings. The third-order valence-electron chi connectivity index (χ3n) is 2.82. The quantitative estimate of drug-likeness (QED) is 0.488. The van der Waals surface area contributed by atoms with Crippen LogP contribution in [0.3, 0.4) is 0 Å². The number of nitrogens with one attached hydrogen (secondary N) is 1. The summed E-state index contributed by atoms with van der Waals surface area (Å²) in [6, 6.07) is 0. The maximum absolute atomic E-state index is 9.60. The lowest BCUT2D eigenvalue weighted by molar-refractivity contribution is -0.138. The molecule has 0 aromatic carbocycles. The number of carbonyl (C=O) groups excluding carboxylic acids is 1. The first-order chi connectivity index (χ1) is 7.42. The second-order valence-corrected chi connectivity index (χ2v) is 5.46. The van der Waals surface area contributed by atoms with Gasteiger partial charge in [0, 0.05) is 13.1 Å². The normalized spacial score (nSPS) is 29.2. The first kappa shape index (κ1) is 13.4. The molecule has 0 aromatic heterocycles. The Kier molecular flexibility index (Phi) is 4.70. The van der Waals surface area contributed by atoms with Gasteiger partial charge in [0.2, 0.25) is 0 Å². The van der Waals surface area contributed by atoms with Gasteiger partial charge in [0.25, 0.3) is 6.47 Å². The molecule has 2 saturated heterocycles. The van der Waals surface area contributed by atoms with Crippen molar-refractivity contribution in [1.29, 1.82) is 0 Å². The first-order valence-corrected chi connectivity index (χ1v) is 5.74. The fourth-order valence-corrected chi connectivity index (χ4v) is 2.04. The number of nitrogens with two attached hydrogens (primary N) is 1. The largest absolute Gasteiger partial charge is 0.462 e. The van der Waals surface area contributed by atoms with E-state index in [0.29, 0.717) is 6.47 Å². The third-order valence-corrected chi connectivity index (χ3v) is 2.82. The highest BCUT2D eigenvalue weighted by Crippen LogP contribution is 2.23. The zero-order valence-electron chi connectivity index (χ0n) is 10.4. The molecule has 0 aliphatic carbocycles. The van der Waals surface area contributed by atoms with Crippen molar-refractivity contribution in [3.63, 3.8) is 0 Å². The van der Waals surface area contributed by atoms with Crippen molar-refractivity contribution >= 4 is 6.47 Å². The van der Waals surface area contributed by atoms with Crippen molar-refractivity contribution in [3.05, 3.63) is 0 Å². The molecule has 2 atom stereocenters. The summed E-state index contributed by atoms with van der Waals surface area (Å²) in [5.74, 6) is 7.32. The van der Waals surface area contributed by atoms with Crippen LogP contribution in [0.15, 0.2) is 0 Å². The van der Waals surface area contributed by atoms with Gasteiger partial charge in [-0.25, -0.2) is 5.01 Å². The van der Waals surface area contributed by atoms with Gasteiger partial charge in [-0.05, 0) is 45.7 Å². The molecule has 2 aliphatic heterocycles. The summed E-state index contributed by atoms with van der Waals surface area (Å²) in [7, 11) is 0. The number of nitrogens with zero attached hydrogens (tertiary/aromatic N) is 1. The van der Waals surface area contributed by atoms with Crippen LogP contribution in [-0.2, 0) is 9.53 Å². The highest BCUT2D eigenvalue weighted by Gasteiger charge is 2.34. The smallest absolute Gasteiger partial charge is 0.293 e. The molecule has 5 heteroatoms. The van der Waals surface area contributed by atoms with Gasteiger partial charge in [-0.1, -0.05) is 0 Å². The zero-order chi connectivity index (χ0) is 12.2. The predicted molar refractivity (Wildman–Crippen MR) is 62.5 cm³/mol. The van der Waals surface area contributed by atoms with E-state index < -0.39 is 0 Å². The lowest BCUT2D eigenvalue weighted by atomic mass is 10.0. The summed E-state index contributed by atoms with van der Waals surface area (Å²) >= 11 is 0. The highest BCUT2D eigenvalue weighted by molar-refractivity contribution is 5.37. The fraction of sp³-hybridized carbons (Fsp3) is 0.909. The molecular weight excluding hydrogens is 206 g/mol. The van der Waals surface area contributed by atoms with E-state index in [1.807, 2.05) is 25.8 Å². The number of carbonyl (C=O) groups is 1. The van der Waals surface area contributed by atoms with Gasteiger partial charge in [-0.2, -0.15) is 0 Å². The van der Waals surface area contributed by atoms with Gasteiger partial charge in [0.1, 0.15) is 5.60 Å². The molecule has 2 rings (SSSR count). The molecule has 0 saturated carbocycles. The summed E-state index contributed by atoms with van der Waals surface area (Å²) in [5, 5.41) is 5.30. The van der Waals surface area contributed by atoms with Crippen molar-refractivity contribution in [1.82, 2.24) is 10.3 Å². The molecule has 0 bridgehead atoms. The molecule has 0 amide bonds. The molecule has 2 aliphatic rings. The number of hydrazine groups is 1. The van der Waals surface area contributed by atoms with Crippen LogP contribution >= 0.6 is 0 Å². The van der Waals surface area contributed by atoms with E-state index in [1.165, 1.54) is 13.1 Å². The molecule has 5 nitrogen and oxygen atoms in total. The van der Waals surface area contributed by atoms with E-state index in [9.17, 15) is 4.79 Å². The topological polar surface area (TPSA) is 67.6 Å². The molecule has 2 heterocycles. The molecule has 2 fully saturated rings. The van der Waals surface area contributed by atoms with Crippen LogP contribution in [0.1, 0.15) is 20.8 Å². The molecule has 0 radical (unpaired) electrons. The van der Waals surface area contributed by atoms with Crippen LogP contribution in [0.4, 0.5) is 0 Å². The lowest BCUT2D eigenvalue weighted by Crippen LogP contribution is -2.31. The van der Waals surface area contributed by atoms with E-state index >= 15 is 0 Å². The lowest BCUT2D eigenvalue weighted by Gasteiger charge is -2.14.